The van der Waals surface area contributed by atoms with Crippen molar-refractivity contribution in [1.29, 1.82) is 5.26 Å². The second-order valence-corrected chi connectivity index (χ2v) is 5.05. The van der Waals surface area contributed by atoms with Crippen molar-refractivity contribution in [3.8, 4) is 6.07 Å². The van der Waals surface area contributed by atoms with E-state index in [9.17, 15) is 4.39 Å². The summed E-state index contributed by atoms with van der Waals surface area (Å²) < 4.78 is 13.6. The van der Waals surface area contributed by atoms with Gasteiger partial charge in [0.25, 0.3) is 0 Å². The third-order valence-corrected chi connectivity index (χ3v) is 4.03. The Morgan fingerprint density at radius 1 is 1.28 bits per heavy atom. The van der Waals surface area contributed by atoms with Crippen molar-refractivity contribution in [2.45, 2.75) is 18.9 Å². The molecule has 0 N–H and O–H groups in total. The second kappa shape index (κ2) is 4.58. The molecule has 1 atom stereocenters. The van der Waals surface area contributed by atoms with Gasteiger partial charge in [-0.15, -0.1) is 0 Å². The van der Waals surface area contributed by atoms with Crippen LogP contribution in [0.5, 0.6) is 0 Å². The molecule has 0 radical (unpaired) electrons. The molecule has 1 unspecified atom stereocenters. The average Bonchev–Trinajstić information content (AvgIpc) is 2.85. The maximum Gasteiger partial charge on any atom is 0.143 e. The van der Waals surface area contributed by atoms with E-state index in [1.165, 1.54) is 25.5 Å². The fourth-order valence-electron chi connectivity index (χ4n) is 3.02. The van der Waals surface area contributed by atoms with Crippen LogP contribution in [0.4, 0.5) is 10.1 Å². The van der Waals surface area contributed by atoms with Crippen molar-refractivity contribution >= 4 is 5.69 Å². The highest BCUT2D eigenvalue weighted by molar-refractivity contribution is 5.51. The van der Waals surface area contributed by atoms with E-state index < -0.39 is 5.82 Å². The summed E-state index contributed by atoms with van der Waals surface area (Å²) in [5.74, 6) is -0.413. The molecule has 1 aromatic rings. The van der Waals surface area contributed by atoms with Crippen LogP contribution in [-0.4, -0.2) is 37.1 Å². The molecule has 0 aromatic heterocycles. The number of hydrogen-bond donors (Lipinski definition) is 0. The Labute approximate surface area is 106 Å². The summed E-state index contributed by atoms with van der Waals surface area (Å²) >= 11 is 0. The zero-order valence-corrected chi connectivity index (χ0v) is 10.3. The van der Waals surface area contributed by atoms with Gasteiger partial charge in [0.1, 0.15) is 11.9 Å². The first-order chi connectivity index (χ1) is 8.78. The maximum atomic E-state index is 13.6. The van der Waals surface area contributed by atoms with E-state index in [0.29, 0.717) is 6.04 Å². The number of fused-ring (bicyclic) bond motifs is 1. The van der Waals surface area contributed by atoms with E-state index in [4.69, 9.17) is 5.26 Å². The van der Waals surface area contributed by atoms with E-state index >= 15 is 0 Å². The first kappa shape index (κ1) is 11.5. The van der Waals surface area contributed by atoms with E-state index in [1.807, 2.05) is 12.1 Å². The summed E-state index contributed by atoms with van der Waals surface area (Å²) in [5.41, 5.74) is 1.02. The number of halogens is 1. The molecule has 18 heavy (non-hydrogen) atoms. The Kier molecular flexibility index (Phi) is 2.92. The van der Waals surface area contributed by atoms with Crippen LogP contribution in [0.2, 0.25) is 0 Å². The van der Waals surface area contributed by atoms with Gasteiger partial charge in [-0.1, -0.05) is 0 Å². The number of piperazine rings is 1. The third-order valence-electron chi connectivity index (χ3n) is 4.03. The molecule has 94 valence electrons. The fourth-order valence-corrected chi connectivity index (χ4v) is 3.02. The lowest BCUT2D eigenvalue weighted by molar-refractivity contribution is 0.231. The fraction of sp³-hybridized carbons (Fsp3) is 0.500. The molecular weight excluding hydrogens is 229 g/mol. The molecule has 2 aliphatic heterocycles. The summed E-state index contributed by atoms with van der Waals surface area (Å²) in [6.45, 7) is 4.19. The van der Waals surface area contributed by atoms with Gasteiger partial charge in [-0.25, -0.2) is 4.39 Å². The summed E-state index contributed by atoms with van der Waals surface area (Å²) in [6.07, 6.45) is 2.52. The Morgan fingerprint density at radius 2 is 2.17 bits per heavy atom. The lowest BCUT2D eigenvalue weighted by atomic mass is 10.1. The molecule has 2 heterocycles. The van der Waals surface area contributed by atoms with Crippen LogP contribution in [0.1, 0.15) is 18.4 Å². The highest BCUT2D eigenvalue weighted by Gasteiger charge is 2.30. The predicted molar refractivity (Wildman–Crippen MR) is 67.9 cm³/mol. The number of hydrogen-bond acceptors (Lipinski definition) is 3. The normalized spacial score (nSPS) is 23.8. The van der Waals surface area contributed by atoms with Crippen LogP contribution in [0.3, 0.4) is 0 Å². The summed E-state index contributed by atoms with van der Waals surface area (Å²) in [6, 6.07) is 7.40. The van der Waals surface area contributed by atoms with Gasteiger partial charge in [-0.3, -0.25) is 4.90 Å². The zero-order chi connectivity index (χ0) is 12.5. The van der Waals surface area contributed by atoms with Gasteiger partial charge in [0.2, 0.25) is 0 Å². The van der Waals surface area contributed by atoms with E-state index in [0.717, 1.165) is 25.3 Å². The monoisotopic (exact) mass is 245 g/mol. The Hall–Kier alpha value is -1.60. The van der Waals surface area contributed by atoms with Gasteiger partial charge in [-0.05, 0) is 37.6 Å². The Bertz CT molecular complexity index is 494. The molecule has 0 spiro atoms. The van der Waals surface area contributed by atoms with Gasteiger partial charge in [0.15, 0.2) is 0 Å². The van der Waals surface area contributed by atoms with Gasteiger partial charge in [0, 0.05) is 31.4 Å². The molecule has 3 rings (SSSR count). The van der Waals surface area contributed by atoms with Gasteiger partial charge < -0.3 is 4.90 Å². The van der Waals surface area contributed by atoms with Crippen molar-refractivity contribution in [3.63, 3.8) is 0 Å². The van der Waals surface area contributed by atoms with E-state index in [2.05, 4.69) is 9.80 Å². The number of nitrogens with zero attached hydrogens (tertiary/aromatic N) is 3. The standard InChI is InChI=1S/C14H16FN3/c15-14-8-12(4-3-11(14)9-16)18-7-6-17-5-1-2-13(17)10-18/h3-4,8,13H,1-2,5-7,10H2. The molecule has 2 saturated heterocycles. The van der Waals surface area contributed by atoms with Crippen molar-refractivity contribution in [2.75, 3.05) is 31.1 Å². The number of nitriles is 1. The summed E-state index contributed by atoms with van der Waals surface area (Å²) in [7, 11) is 0. The SMILES string of the molecule is N#Cc1ccc(N2CCN3CCCC3C2)cc1F. The van der Waals surface area contributed by atoms with Crippen molar-refractivity contribution in [2.24, 2.45) is 0 Å². The minimum absolute atomic E-state index is 0.123. The van der Waals surface area contributed by atoms with Crippen molar-refractivity contribution in [1.82, 2.24) is 4.90 Å². The topological polar surface area (TPSA) is 30.3 Å². The second-order valence-electron chi connectivity index (χ2n) is 5.05. The minimum atomic E-state index is -0.413. The van der Waals surface area contributed by atoms with Crippen molar-refractivity contribution in [3.05, 3.63) is 29.6 Å². The van der Waals surface area contributed by atoms with E-state index in [-0.39, 0.29) is 5.56 Å². The predicted octanol–water partition coefficient (Wildman–Crippen LogP) is 1.98. The third kappa shape index (κ3) is 1.95. The lowest BCUT2D eigenvalue weighted by Crippen LogP contribution is -2.50. The van der Waals surface area contributed by atoms with Crippen LogP contribution in [0.15, 0.2) is 18.2 Å². The minimum Gasteiger partial charge on any atom is -0.369 e. The quantitative estimate of drug-likeness (QED) is 0.758. The largest absolute Gasteiger partial charge is 0.369 e. The molecule has 1 aromatic carbocycles. The van der Waals surface area contributed by atoms with Gasteiger partial charge >= 0.3 is 0 Å². The van der Waals surface area contributed by atoms with Crippen LogP contribution in [-0.2, 0) is 0 Å². The molecule has 0 bridgehead atoms. The first-order valence-corrected chi connectivity index (χ1v) is 6.46. The summed E-state index contributed by atoms with van der Waals surface area (Å²) in [5, 5.41) is 8.73. The first-order valence-electron chi connectivity index (χ1n) is 6.46. The van der Waals surface area contributed by atoms with Crippen LogP contribution in [0, 0.1) is 17.1 Å². The van der Waals surface area contributed by atoms with Crippen LogP contribution >= 0.6 is 0 Å². The molecule has 0 saturated carbocycles. The molecule has 0 amide bonds. The van der Waals surface area contributed by atoms with Gasteiger partial charge in [-0.2, -0.15) is 5.26 Å². The maximum absolute atomic E-state index is 13.6. The molecule has 3 nitrogen and oxygen atoms in total. The molecular formula is C14H16FN3. The van der Waals surface area contributed by atoms with E-state index in [1.54, 1.807) is 6.07 Å². The summed E-state index contributed by atoms with van der Waals surface area (Å²) in [4.78, 5) is 4.76. The number of benzene rings is 1. The zero-order valence-electron chi connectivity index (χ0n) is 10.3. The molecule has 2 aliphatic rings. The lowest BCUT2D eigenvalue weighted by Gasteiger charge is -2.38. The highest BCUT2D eigenvalue weighted by Crippen LogP contribution is 2.26. The van der Waals surface area contributed by atoms with Crippen LogP contribution < -0.4 is 4.90 Å². The average molecular weight is 245 g/mol. The molecule has 2 fully saturated rings. The molecule has 0 aliphatic carbocycles. The Balaban J connectivity index is 1.79. The number of rotatable bonds is 1. The van der Waals surface area contributed by atoms with Crippen molar-refractivity contribution < 1.29 is 4.39 Å². The Morgan fingerprint density at radius 3 is 2.94 bits per heavy atom. The smallest absolute Gasteiger partial charge is 0.143 e. The van der Waals surface area contributed by atoms with Gasteiger partial charge in [0.05, 0.1) is 5.56 Å². The number of anilines is 1. The highest BCUT2D eigenvalue weighted by atomic mass is 19.1. The molecule has 4 heteroatoms. The van der Waals surface area contributed by atoms with Crippen LogP contribution in [0.25, 0.3) is 0 Å².